The summed E-state index contributed by atoms with van der Waals surface area (Å²) in [7, 11) is 0. The van der Waals surface area contributed by atoms with E-state index in [0.29, 0.717) is 5.91 Å². The maximum atomic E-state index is 12.6. The molecule has 2 atom stereocenters. The Balaban J connectivity index is 1.46. The lowest BCUT2D eigenvalue weighted by atomic mass is 10.2. The van der Waals surface area contributed by atoms with Crippen LogP contribution in [0.3, 0.4) is 0 Å². The average molecular weight is 410 g/mol. The molecule has 1 aromatic heterocycles. The molecule has 2 aromatic rings. The summed E-state index contributed by atoms with van der Waals surface area (Å²) in [5.74, 6) is 2.51. The van der Waals surface area contributed by atoms with E-state index in [4.69, 9.17) is 14.7 Å². The maximum absolute atomic E-state index is 12.6. The molecule has 2 aliphatic heterocycles. The molecule has 30 heavy (non-hydrogen) atoms. The first-order valence-electron chi connectivity index (χ1n) is 11.3. The van der Waals surface area contributed by atoms with Crippen LogP contribution < -0.4 is 9.80 Å². The van der Waals surface area contributed by atoms with Crippen molar-refractivity contribution in [2.75, 3.05) is 49.1 Å². The van der Waals surface area contributed by atoms with Crippen LogP contribution in [0.5, 0.6) is 0 Å². The van der Waals surface area contributed by atoms with Crippen molar-refractivity contribution in [1.29, 1.82) is 0 Å². The minimum atomic E-state index is 0.158. The van der Waals surface area contributed by atoms with Gasteiger partial charge in [-0.05, 0) is 45.2 Å². The lowest BCUT2D eigenvalue weighted by Gasteiger charge is -2.38. The smallest absolute Gasteiger partial charge is 0.225 e. The largest absolute Gasteiger partial charge is 0.372 e. The maximum Gasteiger partial charge on any atom is 0.225 e. The van der Waals surface area contributed by atoms with Gasteiger partial charge in [0, 0.05) is 45.2 Å². The molecule has 3 aliphatic rings. The topological polar surface area (TPSA) is 61.8 Å². The van der Waals surface area contributed by atoms with Crippen LogP contribution >= 0.6 is 0 Å². The van der Waals surface area contributed by atoms with Gasteiger partial charge in [0.2, 0.25) is 5.91 Å². The fraction of sp³-hybridized carbons (Fsp3) is 0.609. The second-order valence-electron chi connectivity index (χ2n) is 8.96. The summed E-state index contributed by atoms with van der Waals surface area (Å²) in [6.07, 6.45) is 3.40. The zero-order chi connectivity index (χ0) is 20.7. The number of carbonyl (C=O) groups excluding carboxylic acids is 1. The third kappa shape index (κ3) is 3.95. The van der Waals surface area contributed by atoms with Gasteiger partial charge in [-0.3, -0.25) is 4.79 Å². The Labute approximate surface area is 178 Å². The number of hydrogen-bond acceptors (Lipinski definition) is 6. The normalized spacial score (nSPS) is 25.5. The van der Waals surface area contributed by atoms with Gasteiger partial charge in [-0.15, -0.1) is 0 Å². The summed E-state index contributed by atoms with van der Waals surface area (Å²) >= 11 is 0. The zero-order valence-corrected chi connectivity index (χ0v) is 18.0. The molecule has 5 rings (SSSR count). The molecule has 0 N–H and O–H groups in total. The first kappa shape index (κ1) is 19.5. The van der Waals surface area contributed by atoms with Crippen LogP contribution in [0.2, 0.25) is 0 Å². The number of morpholine rings is 1. The monoisotopic (exact) mass is 409 g/mol. The quantitative estimate of drug-likeness (QED) is 0.777. The molecule has 3 fully saturated rings. The minimum Gasteiger partial charge on any atom is -0.372 e. The van der Waals surface area contributed by atoms with Crippen molar-refractivity contribution in [3.8, 4) is 0 Å². The summed E-state index contributed by atoms with van der Waals surface area (Å²) in [5.41, 5.74) is 1.84. The fourth-order valence-corrected chi connectivity index (χ4v) is 4.69. The van der Waals surface area contributed by atoms with Crippen LogP contribution in [0.15, 0.2) is 24.3 Å². The lowest BCUT2D eigenvalue weighted by molar-refractivity contribution is -0.132. The van der Waals surface area contributed by atoms with Gasteiger partial charge in [-0.25, -0.2) is 9.97 Å². The van der Waals surface area contributed by atoms with E-state index in [1.165, 1.54) is 0 Å². The van der Waals surface area contributed by atoms with Crippen molar-refractivity contribution in [1.82, 2.24) is 14.9 Å². The second kappa shape index (κ2) is 8.02. The van der Waals surface area contributed by atoms with Crippen molar-refractivity contribution in [3.63, 3.8) is 0 Å². The van der Waals surface area contributed by atoms with E-state index in [-0.39, 0.29) is 18.1 Å². The number of carbonyl (C=O) groups is 1. The van der Waals surface area contributed by atoms with Crippen LogP contribution in [0.1, 0.15) is 33.1 Å². The van der Waals surface area contributed by atoms with E-state index in [0.717, 1.165) is 81.2 Å². The SMILES string of the molecule is CC1CN(c2nc3ccccc3nc2N2CCCN(C(=O)C3CC3)CC2)CC(C)O1. The first-order chi connectivity index (χ1) is 14.6. The predicted molar refractivity (Wildman–Crippen MR) is 118 cm³/mol. The van der Waals surface area contributed by atoms with E-state index in [1.54, 1.807) is 0 Å². The molecule has 0 radical (unpaired) electrons. The molecule has 1 saturated carbocycles. The number of fused-ring (bicyclic) bond motifs is 1. The highest BCUT2D eigenvalue weighted by Gasteiger charge is 2.34. The predicted octanol–water partition coefficient (Wildman–Crippen LogP) is 2.69. The number of ether oxygens (including phenoxy) is 1. The third-order valence-electron chi connectivity index (χ3n) is 6.29. The number of rotatable bonds is 3. The standard InChI is InChI=1S/C23H31N5O2/c1-16-14-28(15-17(2)30-16)22-21(24-19-6-3-4-7-20(19)25-22)26-10-5-11-27(13-12-26)23(29)18-8-9-18/h3-4,6-7,16-18H,5,8-15H2,1-2H3. The molecule has 1 aliphatic carbocycles. The Morgan fingerprint density at radius 3 is 2.17 bits per heavy atom. The van der Waals surface area contributed by atoms with E-state index in [1.807, 2.05) is 24.3 Å². The highest BCUT2D eigenvalue weighted by atomic mass is 16.5. The number of nitrogens with zero attached hydrogens (tertiary/aromatic N) is 5. The molecule has 0 bridgehead atoms. The summed E-state index contributed by atoms with van der Waals surface area (Å²) in [6, 6.07) is 8.08. The number of hydrogen-bond donors (Lipinski definition) is 0. The Kier molecular flexibility index (Phi) is 5.23. The lowest BCUT2D eigenvalue weighted by Crippen LogP contribution is -2.46. The summed E-state index contributed by atoms with van der Waals surface area (Å²) in [6.45, 7) is 9.15. The van der Waals surface area contributed by atoms with Gasteiger partial charge in [0.1, 0.15) is 0 Å². The van der Waals surface area contributed by atoms with E-state index in [2.05, 4.69) is 28.5 Å². The Morgan fingerprint density at radius 1 is 0.900 bits per heavy atom. The first-order valence-corrected chi connectivity index (χ1v) is 11.3. The zero-order valence-electron chi connectivity index (χ0n) is 18.0. The van der Waals surface area contributed by atoms with Gasteiger partial charge in [0.25, 0.3) is 0 Å². The highest BCUT2D eigenvalue weighted by Crippen LogP contribution is 2.33. The van der Waals surface area contributed by atoms with Gasteiger partial charge < -0.3 is 19.4 Å². The van der Waals surface area contributed by atoms with Crippen molar-refractivity contribution >= 4 is 28.6 Å². The fourth-order valence-electron chi connectivity index (χ4n) is 4.69. The van der Waals surface area contributed by atoms with Crippen LogP contribution in [0, 0.1) is 5.92 Å². The van der Waals surface area contributed by atoms with Gasteiger partial charge in [-0.2, -0.15) is 0 Å². The number of amides is 1. The van der Waals surface area contributed by atoms with Gasteiger partial charge >= 0.3 is 0 Å². The van der Waals surface area contributed by atoms with E-state index < -0.39 is 0 Å². The molecule has 2 unspecified atom stereocenters. The Morgan fingerprint density at radius 2 is 1.53 bits per heavy atom. The number of para-hydroxylation sites is 2. The Bertz CT molecular complexity index is 921. The molecule has 1 aromatic carbocycles. The summed E-state index contributed by atoms with van der Waals surface area (Å²) < 4.78 is 5.95. The van der Waals surface area contributed by atoms with Crippen molar-refractivity contribution in [3.05, 3.63) is 24.3 Å². The van der Waals surface area contributed by atoms with Crippen molar-refractivity contribution in [2.45, 2.75) is 45.3 Å². The molecule has 7 nitrogen and oxygen atoms in total. The van der Waals surface area contributed by atoms with Gasteiger partial charge in [0.15, 0.2) is 11.6 Å². The second-order valence-corrected chi connectivity index (χ2v) is 8.96. The van der Waals surface area contributed by atoms with Crippen LogP contribution in [0.4, 0.5) is 11.6 Å². The van der Waals surface area contributed by atoms with Crippen LogP contribution in [-0.2, 0) is 9.53 Å². The molecule has 1 amide bonds. The number of benzene rings is 1. The highest BCUT2D eigenvalue weighted by molar-refractivity contribution is 5.82. The molecule has 160 valence electrons. The number of anilines is 2. The van der Waals surface area contributed by atoms with Crippen molar-refractivity contribution in [2.24, 2.45) is 5.92 Å². The molecule has 2 saturated heterocycles. The molecule has 3 heterocycles. The summed E-state index contributed by atoms with van der Waals surface area (Å²) in [5, 5.41) is 0. The van der Waals surface area contributed by atoms with Gasteiger partial charge in [-0.1, -0.05) is 12.1 Å². The van der Waals surface area contributed by atoms with E-state index in [9.17, 15) is 4.79 Å². The third-order valence-corrected chi connectivity index (χ3v) is 6.29. The average Bonchev–Trinajstić information content (AvgIpc) is 3.58. The molecule has 0 spiro atoms. The number of aromatic nitrogens is 2. The van der Waals surface area contributed by atoms with Gasteiger partial charge in [0.05, 0.1) is 23.2 Å². The molecule has 7 heteroatoms. The van der Waals surface area contributed by atoms with E-state index >= 15 is 0 Å². The van der Waals surface area contributed by atoms with Crippen LogP contribution in [0.25, 0.3) is 11.0 Å². The summed E-state index contributed by atoms with van der Waals surface area (Å²) in [4.78, 5) is 29.4. The minimum absolute atomic E-state index is 0.158. The van der Waals surface area contributed by atoms with Crippen molar-refractivity contribution < 1.29 is 9.53 Å². The van der Waals surface area contributed by atoms with Crippen LogP contribution in [-0.4, -0.2) is 72.3 Å². The molecular formula is C23H31N5O2. The molecular weight excluding hydrogens is 378 g/mol. The Hall–Kier alpha value is -2.41.